The Morgan fingerprint density at radius 2 is 2.24 bits per heavy atom. The summed E-state index contributed by atoms with van der Waals surface area (Å²) >= 11 is 4.88. The highest BCUT2D eigenvalue weighted by Crippen LogP contribution is 2.34. The molecule has 2 aromatic heterocycles. The summed E-state index contributed by atoms with van der Waals surface area (Å²) in [5.41, 5.74) is 8.73. The second-order valence-corrected chi connectivity index (χ2v) is 6.51. The minimum absolute atomic E-state index is 0.0757. The standard InChI is InChI=1S/C14H13BrN4OS/c15-10-4-2-6-17-14(10)21-13-9(12(16)19-20)7-8-3-1-5-11(8)18-13/h2,4,6-7,20H,1,3,5H2,(H2,16,19). The van der Waals surface area contributed by atoms with Gasteiger partial charge in [0, 0.05) is 11.9 Å². The lowest BCUT2D eigenvalue weighted by molar-refractivity contribution is 0.318. The fourth-order valence-electron chi connectivity index (χ4n) is 2.31. The molecule has 1 aliphatic rings. The predicted molar refractivity (Wildman–Crippen MR) is 84.8 cm³/mol. The number of amidine groups is 1. The maximum Gasteiger partial charge on any atom is 0.172 e. The highest BCUT2D eigenvalue weighted by Gasteiger charge is 2.20. The molecule has 0 atom stereocenters. The van der Waals surface area contributed by atoms with Gasteiger partial charge in [-0.15, -0.1) is 0 Å². The van der Waals surface area contributed by atoms with Gasteiger partial charge in [0.1, 0.15) is 10.1 Å². The predicted octanol–water partition coefficient (Wildman–Crippen LogP) is 2.97. The van der Waals surface area contributed by atoms with Crippen LogP contribution in [0.2, 0.25) is 0 Å². The van der Waals surface area contributed by atoms with Gasteiger partial charge in [0.2, 0.25) is 0 Å². The molecule has 0 bridgehead atoms. The minimum Gasteiger partial charge on any atom is -0.409 e. The molecule has 0 aromatic carbocycles. The normalized spacial score (nSPS) is 14.2. The molecule has 21 heavy (non-hydrogen) atoms. The van der Waals surface area contributed by atoms with E-state index in [0.717, 1.165) is 34.5 Å². The van der Waals surface area contributed by atoms with Crippen LogP contribution in [-0.4, -0.2) is 21.0 Å². The number of hydrogen-bond donors (Lipinski definition) is 2. The van der Waals surface area contributed by atoms with Crippen LogP contribution in [0.3, 0.4) is 0 Å². The molecule has 5 nitrogen and oxygen atoms in total. The maximum atomic E-state index is 8.98. The zero-order valence-corrected chi connectivity index (χ0v) is 13.5. The fourth-order valence-corrected chi connectivity index (χ4v) is 3.70. The minimum atomic E-state index is 0.0757. The van der Waals surface area contributed by atoms with Crippen LogP contribution in [0.1, 0.15) is 23.2 Å². The van der Waals surface area contributed by atoms with Gasteiger partial charge >= 0.3 is 0 Å². The van der Waals surface area contributed by atoms with Crippen LogP contribution in [-0.2, 0) is 12.8 Å². The summed E-state index contributed by atoms with van der Waals surface area (Å²) in [6.45, 7) is 0. The first-order valence-corrected chi connectivity index (χ1v) is 8.09. The number of aromatic nitrogens is 2. The van der Waals surface area contributed by atoms with Crippen LogP contribution < -0.4 is 5.73 Å². The van der Waals surface area contributed by atoms with Gasteiger partial charge in [0.25, 0.3) is 0 Å². The van der Waals surface area contributed by atoms with E-state index < -0.39 is 0 Å². The Bertz CT molecular complexity index is 720. The van der Waals surface area contributed by atoms with Crippen LogP contribution in [0.4, 0.5) is 0 Å². The number of aryl methyl sites for hydroxylation is 2. The Morgan fingerprint density at radius 1 is 1.38 bits per heavy atom. The van der Waals surface area contributed by atoms with Gasteiger partial charge in [-0.05, 0) is 70.7 Å². The van der Waals surface area contributed by atoms with E-state index in [1.807, 2.05) is 18.2 Å². The van der Waals surface area contributed by atoms with E-state index in [-0.39, 0.29) is 5.84 Å². The van der Waals surface area contributed by atoms with E-state index in [1.54, 1.807) is 6.20 Å². The Labute approximate surface area is 134 Å². The van der Waals surface area contributed by atoms with Gasteiger partial charge in [0.05, 0.1) is 10.0 Å². The monoisotopic (exact) mass is 364 g/mol. The average molecular weight is 365 g/mol. The van der Waals surface area contributed by atoms with Gasteiger partial charge in [-0.1, -0.05) is 5.16 Å². The van der Waals surface area contributed by atoms with E-state index >= 15 is 0 Å². The molecule has 0 fully saturated rings. The number of fused-ring (bicyclic) bond motifs is 1. The number of rotatable bonds is 3. The molecule has 2 heterocycles. The summed E-state index contributed by atoms with van der Waals surface area (Å²) in [4.78, 5) is 9.02. The van der Waals surface area contributed by atoms with Crippen LogP contribution in [0, 0.1) is 0 Å². The van der Waals surface area contributed by atoms with Crippen molar-refractivity contribution in [2.24, 2.45) is 10.9 Å². The number of nitrogens with zero attached hydrogens (tertiary/aromatic N) is 3. The molecule has 2 aromatic rings. The van der Waals surface area contributed by atoms with E-state index in [9.17, 15) is 0 Å². The molecular formula is C14H13BrN4OS. The zero-order chi connectivity index (χ0) is 14.8. The number of oxime groups is 1. The third kappa shape index (κ3) is 2.89. The molecular weight excluding hydrogens is 352 g/mol. The van der Waals surface area contributed by atoms with Gasteiger partial charge in [-0.3, -0.25) is 0 Å². The first kappa shape index (κ1) is 14.3. The largest absolute Gasteiger partial charge is 0.409 e. The Morgan fingerprint density at radius 3 is 3.00 bits per heavy atom. The van der Waals surface area contributed by atoms with Gasteiger partial charge in [-0.2, -0.15) is 0 Å². The molecule has 1 aliphatic carbocycles. The molecule has 0 saturated carbocycles. The first-order valence-electron chi connectivity index (χ1n) is 6.48. The molecule has 0 unspecified atom stereocenters. The Balaban J connectivity index is 2.06. The molecule has 0 radical (unpaired) electrons. The van der Waals surface area contributed by atoms with Crippen molar-refractivity contribution in [3.05, 3.63) is 45.7 Å². The molecule has 3 N–H and O–H groups in total. The molecule has 3 rings (SSSR count). The summed E-state index contributed by atoms with van der Waals surface area (Å²) in [6.07, 6.45) is 4.79. The van der Waals surface area contributed by atoms with E-state index in [1.165, 1.54) is 17.3 Å². The summed E-state index contributed by atoms with van der Waals surface area (Å²) in [7, 11) is 0. The van der Waals surface area contributed by atoms with E-state index in [2.05, 4.69) is 31.1 Å². The molecule has 108 valence electrons. The first-order chi connectivity index (χ1) is 10.2. The highest BCUT2D eigenvalue weighted by molar-refractivity contribution is 9.10. The topological polar surface area (TPSA) is 84.4 Å². The van der Waals surface area contributed by atoms with Crippen LogP contribution in [0.5, 0.6) is 0 Å². The second-order valence-electron chi connectivity index (χ2n) is 4.68. The van der Waals surface area contributed by atoms with Crippen LogP contribution in [0.25, 0.3) is 0 Å². The lowest BCUT2D eigenvalue weighted by Crippen LogP contribution is -2.16. The van der Waals surface area contributed by atoms with Crippen molar-refractivity contribution in [3.63, 3.8) is 0 Å². The van der Waals surface area contributed by atoms with Crippen molar-refractivity contribution in [1.29, 1.82) is 0 Å². The van der Waals surface area contributed by atoms with Crippen LogP contribution in [0.15, 0.2) is 44.1 Å². The lowest BCUT2D eigenvalue weighted by atomic mass is 10.1. The molecule has 0 spiro atoms. The van der Waals surface area contributed by atoms with Crippen molar-refractivity contribution >= 4 is 33.5 Å². The SMILES string of the molecule is NC(=NO)c1cc2c(nc1Sc1ncccc1Br)CCC2. The smallest absolute Gasteiger partial charge is 0.172 e. The zero-order valence-electron chi connectivity index (χ0n) is 11.1. The molecule has 0 aliphatic heterocycles. The summed E-state index contributed by atoms with van der Waals surface area (Å²) in [6, 6.07) is 5.75. The molecule has 0 amide bonds. The second kappa shape index (κ2) is 6.03. The third-order valence-corrected chi connectivity index (χ3v) is 5.24. The third-order valence-electron chi connectivity index (χ3n) is 3.32. The Hall–Kier alpha value is -1.60. The van der Waals surface area contributed by atoms with Gasteiger partial charge in [0.15, 0.2) is 5.84 Å². The maximum absolute atomic E-state index is 8.98. The van der Waals surface area contributed by atoms with Gasteiger partial charge < -0.3 is 10.9 Å². The van der Waals surface area contributed by atoms with Crippen molar-refractivity contribution in [1.82, 2.24) is 9.97 Å². The number of pyridine rings is 2. The van der Waals surface area contributed by atoms with Gasteiger partial charge in [-0.25, -0.2) is 9.97 Å². The van der Waals surface area contributed by atoms with Crippen molar-refractivity contribution in [2.45, 2.75) is 29.3 Å². The highest BCUT2D eigenvalue weighted by atomic mass is 79.9. The molecule has 0 saturated heterocycles. The summed E-state index contributed by atoms with van der Waals surface area (Å²) in [5.74, 6) is 0.0757. The average Bonchev–Trinajstić information content (AvgIpc) is 2.95. The number of halogens is 1. The van der Waals surface area contributed by atoms with Crippen molar-refractivity contribution in [3.8, 4) is 0 Å². The fraction of sp³-hybridized carbons (Fsp3) is 0.214. The van der Waals surface area contributed by atoms with E-state index in [0.29, 0.717) is 10.6 Å². The van der Waals surface area contributed by atoms with Crippen molar-refractivity contribution in [2.75, 3.05) is 0 Å². The quantitative estimate of drug-likeness (QED) is 0.378. The number of nitrogens with two attached hydrogens (primary N) is 1. The lowest BCUT2D eigenvalue weighted by Gasteiger charge is -2.10. The number of hydrogen-bond acceptors (Lipinski definition) is 5. The Kier molecular flexibility index (Phi) is 4.12. The summed E-state index contributed by atoms with van der Waals surface area (Å²) in [5, 5.41) is 13.6. The van der Waals surface area contributed by atoms with Crippen molar-refractivity contribution < 1.29 is 5.21 Å². The molecule has 7 heteroatoms. The van der Waals surface area contributed by atoms with E-state index in [4.69, 9.17) is 10.9 Å². The summed E-state index contributed by atoms with van der Waals surface area (Å²) < 4.78 is 0.891. The van der Waals surface area contributed by atoms with Crippen LogP contribution >= 0.6 is 27.7 Å².